The van der Waals surface area contributed by atoms with Crippen molar-refractivity contribution in [2.45, 2.75) is 24.4 Å². The van der Waals surface area contributed by atoms with Gasteiger partial charge in [0.25, 0.3) is 0 Å². The van der Waals surface area contributed by atoms with E-state index < -0.39 is 0 Å². The molecule has 0 spiro atoms. The van der Waals surface area contributed by atoms with E-state index in [4.69, 9.17) is 37.9 Å². The first kappa shape index (κ1) is 20.0. The predicted molar refractivity (Wildman–Crippen MR) is 84.4 cm³/mol. The highest BCUT2D eigenvalue weighted by atomic mass is 16.6. The van der Waals surface area contributed by atoms with Gasteiger partial charge in [-0.1, -0.05) is 0 Å². The molecule has 142 valence electrons. The Hall–Kier alpha value is -0.320. The van der Waals surface area contributed by atoms with Crippen LogP contribution in [0.25, 0.3) is 0 Å². The Balaban J connectivity index is 1.54. The van der Waals surface area contributed by atoms with Crippen molar-refractivity contribution in [3.63, 3.8) is 0 Å². The fraction of sp³-hybridized carbons (Fsp3) is 1.00. The van der Waals surface area contributed by atoms with Gasteiger partial charge in [-0.3, -0.25) is 0 Å². The number of rotatable bonds is 14. The monoisotopic (exact) mass is 350 g/mol. The van der Waals surface area contributed by atoms with Crippen LogP contribution in [0, 0.1) is 0 Å². The van der Waals surface area contributed by atoms with Crippen molar-refractivity contribution in [1.82, 2.24) is 0 Å². The van der Waals surface area contributed by atoms with Crippen LogP contribution in [-0.4, -0.2) is 105 Å². The summed E-state index contributed by atoms with van der Waals surface area (Å²) in [5.74, 6) is 0. The smallest absolute Gasteiger partial charge is 0.115 e. The van der Waals surface area contributed by atoms with Crippen molar-refractivity contribution in [2.24, 2.45) is 0 Å². The molecule has 0 bridgehead atoms. The second-order valence-electron chi connectivity index (χ2n) is 5.62. The van der Waals surface area contributed by atoms with Crippen LogP contribution >= 0.6 is 0 Å². The Labute approximate surface area is 143 Å². The zero-order valence-corrected chi connectivity index (χ0v) is 14.6. The van der Waals surface area contributed by atoms with E-state index in [0.717, 1.165) is 0 Å². The lowest BCUT2D eigenvalue weighted by molar-refractivity contribution is -0.0687. The summed E-state index contributed by atoms with van der Waals surface area (Å²) in [5.41, 5.74) is 0. The average molecular weight is 350 g/mol. The molecule has 2 heterocycles. The Kier molecular flexibility index (Phi) is 10.1. The number of ether oxygens (including phenoxy) is 8. The van der Waals surface area contributed by atoms with Crippen LogP contribution in [0.15, 0.2) is 0 Å². The van der Waals surface area contributed by atoms with E-state index in [1.165, 1.54) is 0 Å². The van der Waals surface area contributed by atoms with Gasteiger partial charge in [-0.2, -0.15) is 0 Å². The first-order chi connectivity index (χ1) is 11.9. The summed E-state index contributed by atoms with van der Waals surface area (Å²) in [6.07, 6.45) is -0.257. The summed E-state index contributed by atoms with van der Waals surface area (Å²) in [6, 6.07) is 0. The summed E-state index contributed by atoms with van der Waals surface area (Å²) < 4.78 is 43.8. The zero-order valence-electron chi connectivity index (χ0n) is 14.6. The minimum atomic E-state index is -0.0663. The second kappa shape index (κ2) is 12.1. The molecule has 0 amide bonds. The number of hydrogen-bond donors (Lipinski definition) is 0. The predicted octanol–water partition coefficient (Wildman–Crippen LogP) is -0.120. The van der Waals surface area contributed by atoms with E-state index in [9.17, 15) is 0 Å². The standard InChI is InChI=1S/C16H30O8/c1-17-3-5-19-7-9-21-13-11-23-16-14(12-24-15(13)16)22-10-8-20-6-4-18-2/h13-16H,3-12H2,1-2H3/t13-,14+,15-,16-/m0/s1. The molecule has 2 rings (SSSR count). The molecule has 24 heavy (non-hydrogen) atoms. The number of methoxy groups -OCH3 is 2. The van der Waals surface area contributed by atoms with Crippen molar-refractivity contribution in [1.29, 1.82) is 0 Å². The normalized spacial score (nSPS) is 29.2. The molecular weight excluding hydrogens is 320 g/mol. The van der Waals surface area contributed by atoms with Crippen LogP contribution in [0.3, 0.4) is 0 Å². The lowest BCUT2D eigenvalue weighted by Gasteiger charge is -2.17. The van der Waals surface area contributed by atoms with E-state index in [1.54, 1.807) is 14.2 Å². The Morgan fingerprint density at radius 3 is 1.46 bits per heavy atom. The summed E-state index contributed by atoms with van der Waals surface area (Å²) in [7, 11) is 3.30. The van der Waals surface area contributed by atoms with Crippen molar-refractivity contribution in [3.05, 3.63) is 0 Å². The third-order valence-corrected chi connectivity index (χ3v) is 3.95. The molecule has 0 saturated carbocycles. The Morgan fingerprint density at radius 1 is 0.625 bits per heavy atom. The van der Waals surface area contributed by atoms with Gasteiger partial charge in [0.2, 0.25) is 0 Å². The average Bonchev–Trinajstić information content (AvgIpc) is 3.17. The minimum absolute atomic E-state index is 0.0624. The number of fused-ring (bicyclic) bond motifs is 1. The van der Waals surface area contributed by atoms with Gasteiger partial charge < -0.3 is 37.9 Å². The quantitative estimate of drug-likeness (QED) is 0.402. The summed E-state index contributed by atoms with van der Waals surface area (Å²) >= 11 is 0. The summed E-state index contributed by atoms with van der Waals surface area (Å²) in [6.45, 7) is 5.49. The van der Waals surface area contributed by atoms with Crippen LogP contribution in [-0.2, 0) is 37.9 Å². The van der Waals surface area contributed by atoms with Gasteiger partial charge in [-0.05, 0) is 0 Å². The van der Waals surface area contributed by atoms with Crippen molar-refractivity contribution >= 4 is 0 Å². The third kappa shape index (κ3) is 6.53. The van der Waals surface area contributed by atoms with Gasteiger partial charge in [0.1, 0.15) is 24.4 Å². The highest BCUT2D eigenvalue weighted by molar-refractivity contribution is 4.95. The molecule has 0 aliphatic carbocycles. The molecule has 2 aliphatic heterocycles. The van der Waals surface area contributed by atoms with E-state index >= 15 is 0 Å². The molecular formula is C16H30O8. The molecule has 0 radical (unpaired) electrons. The van der Waals surface area contributed by atoms with Crippen LogP contribution in [0.4, 0.5) is 0 Å². The maximum atomic E-state index is 5.81. The first-order valence-corrected chi connectivity index (χ1v) is 8.46. The zero-order chi connectivity index (χ0) is 17.0. The molecule has 2 aliphatic rings. The fourth-order valence-electron chi connectivity index (χ4n) is 2.72. The van der Waals surface area contributed by atoms with Crippen LogP contribution in [0.2, 0.25) is 0 Å². The van der Waals surface area contributed by atoms with E-state index in [-0.39, 0.29) is 24.4 Å². The molecule has 0 aromatic rings. The fourth-order valence-corrected chi connectivity index (χ4v) is 2.72. The van der Waals surface area contributed by atoms with Crippen molar-refractivity contribution in [3.8, 4) is 0 Å². The molecule has 0 N–H and O–H groups in total. The SMILES string of the molecule is COCCOCCO[C@H]1CO[C@@H]2[C@H]1OC[C@H]2OCCOCCOC. The second-order valence-corrected chi connectivity index (χ2v) is 5.62. The van der Waals surface area contributed by atoms with Crippen LogP contribution in [0.1, 0.15) is 0 Å². The molecule has 0 aromatic carbocycles. The van der Waals surface area contributed by atoms with Gasteiger partial charge in [-0.15, -0.1) is 0 Å². The number of hydrogen-bond acceptors (Lipinski definition) is 8. The van der Waals surface area contributed by atoms with Crippen LogP contribution in [0.5, 0.6) is 0 Å². The maximum Gasteiger partial charge on any atom is 0.115 e. The van der Waals surface area contributed by atoms with Gasteiger partial charge in [-0.25, -0.2) is 0 Å². The molecule has 8 nitrogen and oxygen atoms in total. The summed E-state index contributed by atoms with van der Waals surface area (Å²) in [5, 5.41) is 0. The van der Waals surface area contributed by atoms with Crippen molar-refractivity contribution < 1.29 is 37.9 Å². The first-order valence-electron chi connectivity index (χ1n) is 8.46. The molecule has 2 fully saturated rings. The highest BCUT2D eigenvalue weighted by Crippen LogP contribution is 2.30. The van der Waals surface area contributed by atoms with Crippen LogP contribution < -0.4 is 0 Å². The van der Waals surface area contributed by atoms with E-state index in [2.05, 4.69) is 0 Å². The molecule has 8 heteroatoms. The van der Waals surface area contributed by atoms with Gasteiger partial charge >= 0.3 is 0 Å². The molecule has 0 unspecified atom stereocenters. The van der Waals surface area contributed by atoms with Gasteiger partial charge in [0.15, 0.2) is 0 Å². The lowest BCUT2D eigenvalue weighted by Crippen LogP contribution is -2.35. The topological polar surface area (TPSA) is 73.8 Å². The maximum absolute atomic E-state index is 5.81. The lowest BCUT2D eigenvalue weighted by atomic mass is 10.1. The highest BCUT2D eigenvalue weighted by Gasteiger charge is 2.48. The van der Waals surface area contributed by atoms with Crippen molar-refractivity contribution in [2.75, 3.05) is 80.3 Å². The largest absolute Gasteiger partial charge is 0.382 e. The molecule has 0 aromatic heterocycles. The van der Waals surface area contributed by atoms with E-state index in [0.29, 0.717) is 66.1 Å². The Morgan fingerprint density at radius 2 is 1.04 bits per heavy atom. The minimum Gasteiger partial charge on any atom is -0.382 e. The Bertz CT molecular complexity index is 286. The molecule has 2 saturated heterocycles. The van der Waals surface area contributed by atoms with Gasteiger partial charge in [0.05, 0.1) is 66.1 Å². The molecule has 4 atom stereocenters. The summed E-state index contributed by atoms with van der Waals surface area (Å²) in [4.78, 5) is 0. The van der Waals surface area contributed by atoms with Gasteiger partial charge in [0, 0.05) is 14.2 Å². The third-order valence-electron chi connectivity index (χ3n) is 3.95. The van der Waals surface area contributed by atoms with E-state index in [1.807, 2.05) is 0 Å².